The summed E-state index contributed by atoms with van der Waals surface area (Å²) in [6, 6.07) is 12.3. The minimum absolute atomic E-state index is 0.000384. The Morgan fingerprint density at radius 1 is 1.17 bits per heavy atom. The van der Waals surface area contributed by atoms with Crippen LogP contribution in [0.3, 0.4) is 0 Å². The van der Waals surface area contributed by atoms with E-state index in [4.69, 9.17) is 5.73 Å². The lowest BCUT2D eigenvalue weighted by Crippen LogP contribution is -2.36. The van der Waals surface area contributed by atoms with Gasteiger partial charge in [-0.1, -0.05) is 36.4 Å². The molecule has 0 heterocycles. The molecule has 1 unspecified atom stereocenters. The van der Waals surface area contributed by atoms with Crippen LogP contribution in [-0.4, -0.2) is 29.0 Å². The number of benzene rings is 2. The van der Waals surface area contributed by atoms with E-state index in [1.54, 1.807) is 4.90 Å². The molecule has 122 valence electrons. The molecule has 4 nitrogen and oxygen atoms in total. The van der Waals surface area contributed by atoms with Gasteiger partial charge in [0.25, 0.3) is 0 Å². The molecule has 2 aromatic rings. The Morgan fingerprint density at radius 3 is 2.48 bits per heavy atom. The molecule has 3 N–H and O–H groups in total. The summed E-state index contributed by atoms with van der Waals surface area (Å²) in [6.45, 7) is 0.304. The molecule has 0 bridgehead atoms. The van der Waals surface area contributed by atoms with E-state index >= 15 is 0 Å². The van der Waals surface area contributed by atoms with E-state index < -0.39 is 23.6 Å². The molecule has 23 heavy (non-hydrogen) atoms. The standard InChI is InChI=1S/C17H18F2N2O2/c18-13-6-7-14(15(19)8-13)16(22)10-21(11-17(20)23)9-12-4-2-1-3-5-12/h1-8,16,22H,9-11H2,(H2,20,23). The quantitative estimate of drug-likeness (QED) is 0.820. The predicted octanol–water partition coefficient (Wildman–Crippen LogP) is 1.99. The molecule has 0 radical (unpaired) electrons. The Bertz CT molecular complexity index is 665. The number of aliphatic hydroxyl groups is 1. The van der Waals surface area contributed by atoms with E-state index in [9.17, 15) is 18.7 Å². The normalized spacial score (nSPS) is 12.3. The van der Waals surface area contributed by atoms with Crippen molar-refractivity contribution in [1.82, 2.24) is 4.90 Å². The fourth-order valence-corrected chi connectivity index (χ4v) is 2.36. The number of carbonyl (C=O) groups excluding carboxylic acids is 1. The first-order valence-electron chi connectivity index (χ1n) is 7.13. The highest BCUT2D eigenvalue weighted by molar-refractivity contribution is 5.75. The smallest absolute Gasteiger partial charge is 0.231 e. The summed E-state index contributed by atoms with van der Waals surface area (Å²) in [6.07, 6.45) is -1.20. The molecule has 1 amide bonds. The number of nitrogens with two attached hydrogens (primary N) is 1. The zero-order valence-corrected chi connectivity index (χ0v) is 12.5. The second-order valence-electron chi connectivity index (χ2n) is 5.30. The maximum Gasteiger partial charge on any atom is 0.231 e. The fraction of sp³-hybridized carbons (Fsp3) is 0.235. The molecule has 0 saturated carbocycles. The Kier molecular flexibility index (Phi) is 5.78. The number of hydrogen-bond donors (Lipinski definition) is 2. The molecule has 1 atom stereocenters. The first kappa shape index (κ1) is 17.1. The largest absolute Gasteiger partial charge is 0.387 e. The minimum Gasteiger partial charge on any atom is -0.387 e. The molecule has 0 aliphatic heterocycles. The highest BCUT2D eigenvalue weighted by Crippen LogP contribution is 2.20. The van der Waals surface area contributed by atoms with Gasteiger partial charge in [-0.3, -0.25) is 9.69 Å². The van der Waals surface area contributed by atoms with Crippen molar-refractivity contribution in [1.29, 1.82) is 0 Å². The van der Waals surface area contributed by atoms with Gasteiger partial charge in [-0.05, 0) is 11.6 Å². The molecule has 2 aromatic carbocycles. The minimum atomic E-state index is -1.20. The Labute approximate surface area is 133 Å². The number of rotatable bonds is 7. The zero-order chi connectivity index (χ0) is 16.8. The van der Waals surface area contributed by atoms with Crippen LogP contribution in [0.25, 0.3) is 0 Å². The second-order valence-corrected chi connectivity index (χ2v) is 5.30. The van der Waals surface area contributed by atoms with Crippen LogP contribution < -0.4 is 5.73 Å². The molecule has 6 heteroatoms. The molecule has 2 rings (SSSR count). The van der Waals surface area contributed by atoms with Gasteiger partial charge < -0.3 is 10.8 Å². The van der Waals surface area contributed by atoms with Gasteiger partial charge in [0.05, 0.1) is 12.6 Å². The van der Waals surface area contributed by atoms with Crippen LogP contribution in [-0.2, 0) is 11.3 Å². The summed E-state index contributed by atoms with van der Waals surface area (Å²) in [7, 11) is 0. The summed E-state index contributed by atoms with van der Waals surface area (Å²) in [5.74, 6) is -2.08. The van der Waals surface area contributed by atoms with Crippen molar-refractivity contribution in [3.05, 3.63) is 71.3 Å². The highest BCUT2D eigenvalue weighted by atomic mass is 19.1. The van der Waals surface area contributed by atoms with Gasteiger partial charge in [-0.2, -0.15) is 0 Å². The number of hydrogen-bond acceptors (Lipinski definition) is 3. The molecular weight excluding hydrogens is 302 g/mol. The van der Waals surface area contributed by atoms with E-state index in [2.05, 4.69) is 0 Å². The van der Waals surface area contributed by atoms with Crippen molar-refractivity contribution in [2.24, 2.45) is 5.73 Å². The molecule has 0 fully saturated rings. The van der Waals surface area contributed by atoms with E-state index in [1.165, 1.54) is 6.07 Å². The monoisotopic (exact) mass is 320 g/mol. The Hall–Kier alpha value is -2.31. The van der Waals surface area contributed by atoms with Crippen LogP contribution in [0.15, 0.2) is 48.5 Å². The third kappa shape index (κ3) is 5.12. The van der Waals surface area contributed by atoms with E-state index in [1.807, 2.05) is 30.3 Å². The number of amides is 1. The molecule has 0 aliphatic carbocycles. The molecule has 0 saturated heterocycles. The molecular formula is C17H18F2N2O2. The van der Waals surface area contributed by atoms with Gasteiger partial charge >= 0.3 is 0 Å². The van der Waals surface area contributed by atoms with E-state index in [0.29, 0.717) is 12.6 Å². The van der Waals surface area contributed by atoms with Crippen molar-refractivity contribution in [3.8, 4) is 0 Å². The number of carbonyl (C=O) groups is 1. The number of primary amides is 1. The van der Waals surface area contributed by atoms with Gasteiger partial charge in [0.2, 0.25) is 5.91 Å². The van der Waals surface area contributed by atoms with Crippen LogP contribution in [0.5, 0.6) is 0 Å². The number of aliphatic hydroxyl groups excluding tert-OH is 1. The van der Waals surface area contributed by atoms with Gasteiger partial charge in [-0.15, -0.1) is 0 Å². The van der Waals surface area contributed by atoms with Crippen LogP contribution in [0.1, 0.15) is 17.2 Å². The summed E-state index contributed by atoms with van der Waals surface area (Å²) in [4.78, 5) is 12.8. The zero-order valence-electron chi connectivity index (χ0n) is 12.5. The third-order valence-electron chi connectivity index (χ3n) is 3.38. The number of halogens is 2. The highest BCUT2D eigenvalue weighted by Gasteiger charge is 2.19. The van der Waals surface area contributed by atoms with Gasteiger partial charge in [0, 0.05) is 24.7 Å². The second kappa shape index (κ2) is 7.80. The van der Waals surface area contributed by atoms with Crippen LogP contribution in [0, 0.1) is 11.6 Å². The molecule has 0 aliphatic rings. The average Bonchev–Trinajstić information content (AvgIpc) is 2.47. The van der Waals surface area contributed by atoms with E-state index in [0.717, 1.165) is 11.6 Å². The summed E-state index contributed by atoms with van der Waals surface area (Å²) >= 11 is 0. The number of nitrogens with zero attached hydrogens (tertiary/aromatic N) is 1. The molecule has 0 spiro atoms. The SMILES string of the molecule is NC(=O)CN(Cc1ccccc1)CC(O)c1ccc(F)cc1F. The third-order valence-corrected chi connectivity index (χ3v) is 3.38. The van der Waals surface area contributed by atoms with Crippen molar-refractivity contribution >= 4 is 5.91 Å². The maximum absolute atomic E-state index is 13.7. The maximum atomic E-state index is 13.7. The first-order chi connectivity index (χ1) is 11.0. The predicted molar refractivity (Wildman–Crippen MR) is 82.2 cm³/mol. The average molecular weight is 320 g/mol. The Balaban J connectivity index is 2.11. The first-order valence-corrected chi connectivity index (χ1v) is 7.13. The van der Waals surface area contributed by atoms with Crippen molar-refractivity contribution in [2.45, 2.75) is 12.6 Å². The summed E-state index contributed by atoms with van der Waals surface area (Å²) in [5, 5.41) is 10.2. The lowest BCUT2D eigenvalue weighted by molar-refractivity contribution is -0.119. The van der Waals surface area contributed by atoms with Gasteiger partial charge in [0.15, 0.2) is 0 Å². The summed E-state index contributed by atoms with van der Waals surface area (Å²) < 4.78 is 26.7. The van der Waals surface area contributed by atoms with Gasteiger partial charge in [0.1, 0.15) is 11.6 Å². The lowest BCUT2D eigenvalue weighted by atomic mass is 10.1. The Morgan fingerprint density at radius 2 is 1.87 bits per heavy atom. The van der Waals surface area contributed by atoms with Crippen molar-refractivity contribution < 1.29 is 18.7 Å². The summed E-state index contributed by atoms with van der Waals surface area (Å²) in [5.41, 5.74) is 6.14. The fourth-order valence-electron chi connectivity index (χ4n) is 2.36. The van der Waals surface area contributed by atoms with Crippen LogP contribution in [0.4, 0.5) is 8.78 Å². The van der Waals surface area contributed by atoms with E-state index in [-0.39, 0.29) is 18.7 Å². The van der Waals surface area contributed by atoms with Gasteiger partial charge in [-0.25, -0.2) is 8.78 Å². The molecule has 0 aromatic heterocycles. The topological polar surface area (TPSA) is 66.6 Å². The van der Waals surface area contributed by atoms with Crippen molar-refractivity contribution in [3.63, 3.8) is 0 Å². The van der Waals surface area contributed by atoms with Crippen molar-refractivity contribution in [2.75, 3.05) is 13.1 Å². The lowest BCUT2D eigenvalue weighted by Gasteiger charge is -2.24. The van der Waals surface area contributed by atoms with Crippen LogP contribution >= 0.6 is 0 Å². The van der Waals surface area contributed by atoms with Crippen LogP contribution in [0.2, 0.25) is 0 Å².